The Labute approximate surface area is 316 Å². The van der Waals surface area contributed by atoms with Crippen LogP contribution in [0.1, 0.15) is 122 Å². The van der Waals surface area contributed by atoms with Crippen LogP contribution in [-0.2, 0) is 25.8 Å². The van der Waals surface area contributed by atoms with Gasteiger partial charge in [0.1, 0.15) is 0 Å². The summed E-state index contributed by atoms with van der Waals surface area (Å²) in [6, 6.07) is 5.78. The van der Waals surface area contributed by atoms with Crippen molar-refractivity contribution in [3.63, 3.8) is 0 Å². The molecule has 12 bridgehead atoms. The predicted octanol–water partition coefficient (Wildman–Crippen LogP) is 10.2. The maximum Gasteiger partial charge on any atom is 0.172 e. The fourth-order valence-corrected chi connectivity index (χ4v) is 28.1. The third kappa shape index (κ3) is 5.08. The molecule has 12 fully saturated rings. The van der Waals surface area contributed by atoms with E-state index in [1.54, 1.807) is 98.6 Å². The number of hydrogen-bond acceptors (Lipinski definition) is 3. The Balaban J connectivity index is 1.20. The molecule has 12 aliphatic rings. The van der Waals surface area contributed by atoms with Crippen LogP contribution >= 0.6 is 17.2 Å². The molecule has 4 saturated heterocycles. The lowest BCUT2D eigenvalue weighted by Crippen LogP contribution is -2.81. The maximum absolute atomic E-state index is 7.32. The van der Waals surface area contributed by atoms with Gasteiger partial charge in [0.05, 0.1) is 32.8 Å². The lowest BCUT2D eigenvalue weighted by molar-refractivity contribution is -0.498. The lowest BCUT2D eigenvalue weighted by Gasteiger charge is -2.72. The summed E-state index contributed by atoms with van der Waals surface area (Å²) in [6.07, 6.45) is 22.6. The molecule has 6 unspecified atom stereocenters. The Morgan fingerprint density at radius 2 is 1.10 bits per heavy atom. The molecule has 0 N–H and O–H groups in total. The van der Waals surface area contributed by atoms with Gasteiger partial charge in [0.2, 0.25) is 0 Å². The highest BCUT2D eigenvalue weighted by Crippen LogP contribution is 2.80. The minimum absolute atomic E-state index is 0.172. The van der Waals surface area contributed by atoms with Crippen LogP contribution in [0.5, 0.6) is 0 Å². The summed E-state index contributed by atoms with van der Waals surface area (Å²) in [5.74, 6) is 5.54. The van der Waals surface area contributed by atoms with Crippen LogP contribution in [0.15, 0.2) is 12.1 Å². The first-order valence-electron chi connectivity index (χ1n) is 21.5. The molecule has 8 saturated carbocycles. The van der Waals surface area contributed by atoms with Crippen molar-refractivity contribution in [1.82, 2.24) is 0 Å². The van der Waals surface area contributed by atoms with Gasteiger partial charge in [-0.3, -0.25) is 0 Å². The van der Waals surface area contributed by atoms with E-state index in [-0.39, 0.29) is 30.8 Å². The van der Waals surface area contributed by atoms with Crippen LogP contribution in [0.3, 0.4) is 0 Å². The summed E-state index contributed by atoms with van der Waals surface area (Å²) < 4.78 is 21.0. The quantitative estimate of drug-likeness (QED) is 0.195. The normalized spacial score (nSPS) is 51.1. The molecule has 0 amide bonds. The third-order valence-corrected chi connectivity index (χ3v) is 26.3. The fourth-order valence-electron chi connectivity index (χ4n) is 16.7. The van der Waals surface area contributed by atoms with E-state index in [9.17, 15) is 0 Å². The molecule has 1 aromatic carbocycles. The highest BCUT2D eigenvalue weighted by atomic mass is 31.1. The number of benzene rings is 1. The van der Waals surface area contributed by atoms with Gasteiger partial charge >= 0.3 is 0 Å². The van der Waals surface area contributed by atoms with E-state index in [4.69, 9.17) is 14.2 Å². The van der Waals surface area contributed by atoms with Gasteiger partial charge < -0.3 is 14.2 Å². The molecule has 8 aliphatic carbocycles. The van der Waals surface area contributed by atoms with E-state index in [1.165, 1.54) is 6.16 Å². The molecular formula is C44H70O3P2Si2. The maximum atomic E-state index is 7.32. The second-order valence-corrected chi connectivity index (χ2v) is 36.8. The second-order valence-electron chi connectivity index (χ2n) is 23.3. The van der Waals surface area contributed by atoms with Crippen LogP contribution in [-0.4, -0.2) is 55.9 Å². The van der Waals surface area contributed by atoms with Gasteiger partial charge in [-0.2, -0.15) is 0 Å². The average Bonchev–Trinajstić information content (AvgIpc) is 2.96. The molecular weight excluding hydrogens is 695 g/mol. The minimum atomic E-state index is -1.68. The molecule has 3 nitrogen and oxygen atoms in total. The minimum Gasteiger partial charge on any atom is -0.345 e. The van der Waals surface area contributed by atoms with Gasteiger partial charge in [0, 0.05) is 12.8 Å². The van der Waals surface area contributed by atoms with E-state index in [0.717, 1.165) is 54.5 Å². The molecule has 282 valence electrons. The van der Waals surface area contributed by atoms with Crippen molar-refractivity contribution in [1.29, 1.82) is 0 Å². The summed E-state index contributed by atoms with van der Waals surface area (Å²) in [6.45, 7) is 22.9. The SMILES string of the molecule is CC12CC3(C)OC(CC(C)(O1)C3(CP)c1cc([Si](C)(C)C)c([Si](C)(C)C)cc1CP(C13CC4CC(CC(C4)C1)C3)C13CC4CC(CC(C4)C1)C3)O2. The molecule has 7 heteroatoms. The highest BCUT2D eigenvalue weighted by Gasteiger charge is 2.75. The van der Waals surface area contributed by atoms with Crippen LogP contribution in [0.2, 0.25) is 39.3 Å². The first-order valence-corrected chi connectivity index (χ1v) is 30.9. The molecule has 0 radical (unpaired) electrons. The summed E-state index contributed by atoms with van der Waals surface area (Å²) in [5.41, 5.74) is 2.48. The summed E-state index contributed by atoms with van der Waals surface area (Å²) >= 11 is 0. The fraction of sp³-hybridized carbons (Fsp3) is 0.864. The van der Waals surface area contributed by atoms with Crippen molar-refractivity contribution in [2.75, 3.05) is 6.16 Å². The number of rotatable bonds is 8. The van der Waals surface area contributed by atoms with Gasteiger partial charge in [0.25, 0.3) is 0 Å². The summed E-state index contributed by atoms with van der Waals surface area (Å²) in [7, 11) is -0.214. The first-order chi connectivity index (χ1) is 23.8. The van der Waals surface area contributed by atoms with Crippen LogP contribution in [0.4, 0.5) is 0 Å². The second kappa shape index (κ2) is 11.1. The topological polar surface area (TPSA) is 27.7 Å². The van der Waals surface area contributed by atoms with Crippen LogP contribution in [0.25, 0.3) is 0 Å². The average molecular weight is 765 g/mol. The molecule has 6 atom stereocenters. The number of hydrogen-bond donors (Lipinski definition) is 0. The van der Waals surface area contributed by atoms with Crippen molar-refractivity contribution in [2.45, 2.75) is 195 Å². The van der Waals surface area contributed by atoms with Gasteiger partial charge in [-0.15, -0.1) is 9.24 Å². The molecule has 13 rings (SSSR count). The van der Waals surface area contributed by atoms with Gasteiger partial charge in [-0.05, 0) is 167 Å². The van der Waals surface area contributed by atoms with E-state index in [0.29, 0.717) is 10.3 Å². The zero-order valence-electron chi connectivity index (χ0n) is 33.8. The Morgan fingerprint density at radius 1 is 0.647 bits per heavy atom. The smallest absolute Gasteiger partial charge is 0.172 e. The third-order valence-electron chi connectivity index (χ3n) is 17.3. The zero-order chi connectivity index (χ0) is 35.8. The Morgan fingerprint density at radius 3 is 1.49 bits per heavy atom. The van der Waals surface area contributed by atoms with E-state index in [2.05, 4.69) is 81.4 Å². The number of ether oxygens (including phenoxy) is 3. The van der Waals surface area contributed by atoms with Crippen LogP contribution < -0.4 is 10.4 Å². The predicted molar refractivity (Wildman–Crippen MR) is 223 cm³/mol. The Bertz CT molecular complexity index is 1490. The van der Waals surface area contributed by atoms with Crippen LogP contribution in [0, 0.1) is 35.5 Å². The van der Waals surface area contributed by atoms with Gasteiger partial charge in [-0.25, -0.2) is 0 Å². The molecule has 0 spiro atoms. The lowest BCUT2D eigenvalue weighted by atomic mass is 9.52. The van der Waals surface area contributed by atoms with Crippen molar-refractivity contribution in [3.05, 3.63) is 23.3 Å². The van der Waals surface area contributed by atoms with E-state index >= 15 is 0 Å². The molecule has 1 aromatic rings. The van der Waals surface area contributed by atoms with Crippen molar-refractivity contribution >= 4 is 43.7 Å². The molecule has 4 heterocycles. The highest BCUT2D eigenvalue weighted by molar-refractivity contribution is 7.60. The van der Waals surface area contributed by atoms with Gasteiger partial charge in [-0.1, -0.05) is 69.7 Å². The Kier molecular flexibility index (Phi) is 7.77. The summed E-state index contributed by atoms with van der Waals surface area (Å²) in [5, 5.41) is 4.74. The standard InChI is InChI=1S/C44H70O3P2Si2/c1-39-24-38-45-40(2,26-41(3,46-38)47-39)44(39,27-48)35-17-37(51(7,8)9)36(50(4,5)6)16-34(35)25-49(42-18-28-10-29(19-42)12-30(11-28)20-42)43-21-31-13-32(22-43)15-33(14-31)23-43/h16-17,28-33,38H,10-15,18-27,48H2,1-9H3. The molecule has 51 heavy (non-hydrogen) atoms. The van der Waals surface area contributed by atoms with Crippen molar-refractivity contribution in [3.8, 4) is 0 Å². The van der Waals surface area contributed by atoms with Gasteiger partial charge in [0.15, 0.2) is 12.1 Å². The largest absolute Gasteiger partial charge is 0.345 e. The monoisotopic (exact) mass is 764 g/mol. The zero-order valence-corrected chi connectivity index (χ0v) is 37.8. The van der Waals surface area contributed by atoms with E-state index in [1.807, 2.05) is 0 Å². The Hall–Kier alpha value is 0.394. The first kappa shape index (κ1) is 35.8. The molecule has 4 aliphatic heterocycles. The van der Waals surface area contributed by atoms with E-state index < -0.39 is 21.9 Å². The van der Waals surface area contributed by atoms with Crippen molar-refractivity contribution < 1.29 is 14.2 Å². The molecule has 0 aromatic heterocycles. The van der Waals surface area contributed by atoms with Crippen molar-refractivity contribution in [2.24, 2.45) is 35.5 Å². The summed E-state index contributed by atoms with van der Waals surface area (Å²) in [4.78, 5) is 0.